The quantitative estimate of drug-likeness (QED) is 0.548. The van der Waals surface area contributed by atoms with Gasteiger partial charge in [0.2, 0.25) is 0 Å². The number of hydrogen-bond acceptors (Lipinski definition) is 2. The highest BCUT2D eigenvalue weighted by Crippen LogP contribution is 1.70. The molecule has 0 atom stereocenters. The number of rotatable bonds is 0. The topological polar surface area (TPSA) is 41.6 Å². The van der Waals surface area contributed by atoms with Crippen molar-refractivity contribution in [2.75, 3.05) is 0 Å². The van der Waals surface area contributed by atoms with Crippen molar-refractivity contribution in [3.05, 3.63) is 36.7 Å². The number of aromatic amines is 1. The summed E-state index contributed by atoms with van der Waals surface area (Å²) in [6, 6.07) is 7.18. The summed E-state index contributed by atoms with van der Waals surface area (Å²) in [6.45, 7) is 0. The summed E-state index contributed by atoms with van der Waals surface area (Å²) in [4.78, 5) is 0. The van der Waals surface area contributed by atoms with E-state index in [1.807, 2.05) is 18.2 Å². The minimum absolute atomic E-state index is 1.68. The average Bonchev–Trinajstić information content (AvgIpc) is 2.00. The van der Waals surface area contributed by atoms with Gasteiger partial charge < -0.3 is 0 Å². The molecule has 1 aromatic heterocycles. The highest BCUT2D eigenvalue weighted by atomic mass is 15.3. The van der Waals surface area contributed by atoms with Gasteiger partial charge in [0.1, 0.15) is 6.20 Å². The van der Waals surface area contributed by atoms with Gasteiger partial charge >= 0.3 is 0 Å². The van der Waals surface area contributed by atoms with Crippen molar-refractivity contribution in [3.8, 4) is 0 Å². The Labute approximate surface area is 53.1 Å². The molecule has 0 bridgehead atoms. The molecule has 45 valence electrons. The van der Waals surface area contributed by atoms with Crippen molar-refractivity contribution in [1.29, 1.82) is 0 Å². The molecule has 0 saturated heterocycles. The summed E-state index contributed by atoms with van der Waals surface area (Å²) in [5.41, 5.74) is 0. The fraction of sp³-hybridized carbons (Fsp3) is 0. The van der Waals surface area contributed by atoms with E-state index in [1.54, 1.807) is 12.3 Å². The third-order valence-corrected chi connectivity index (χ3v) is 0.729. The lowest BCUT2D eigenvalue weighted by molar-refractivity contribution is 0.880. The van der Waals surface area contributed by atoms with Crippen LogP contribution in [-0.2, 0) is 0 Å². The molecule has 1 N–H and O–H groups in total. The molecule has 0 aromatic carbocycles. The van der Waals surface area contributed by atoms with Gasteiger partial charge in [-0.15, -0.1) is 5.10 Å². The largest absolute Gasteiger partial charge is 0.267 e. The molecular weight excluding hydrogens is 114 g/mol. The van der Waals surface area contributed by atoms with Crippen LogP contribution in [0.25, 0.3) is 0 Å². The second-order valence-electron chi connectivity index (χ2n) is 1.37. The van der Waals surface area contributed by atoms with Crippen molar-refractivity contribution in [2.24, 2.45) is 0 Å². The molecule has 0 spiro atoms. The lowest BCUT2D eigenvalue weighted by Crippen LogP contribution is -1.73. The van der Waals surface area contributed by atoms with Gasteiger partial charge in [-0.2, -0.15) is 0 Å². The van der Waals surface area contributed by atoms with Crippen molar-refractivity contribution in [1.82, 2.24) is 15.4 Å². The molecule has 3 heteroatoms. The molecule has 0 fully saturated rings. The molecule has 0 aliphatic carbocycles. The summed E-state index contributed by atoms with van der Waals surface area (Å²) in [6.07, 6.45) is 4.25. The monoisotopic (exact) mass is 120 g/mol. The Morgan fingerprint density at radius 1 is 1.22 bits per heavy atom. The average molecular weight is 120 g/mol. The number of aromatic nitrogens is 3. The van der Waals surface area contributed by atoms with Gasteiger partial charge in [-0.1, -0.05) is 17.3 Å². The molecular formula is C6H6N3. The zero-order chi connectivity index (χ0) is 6.36. The first-order chi connectivity index (χ1) is 4.50. The van der Waals surface area contributed by atoms with Crippen LogP contribution >= 0.6 is 0 Å². The molecule has 0 saturated carbocycles. The van der Waals surface area contributed by atoms with Crippen LogP contribution in [0.1, 0.15) is 0 Å². The number of nitrogens with one attached hydrogen (secondary N) is 1. The molecule has 0 amide bonds. The number of H-pyrrole nitrogens is 1. The molecule has 0 aliphatic heterocycles. The number of hydrogen-bond donors (Lipinski definition) is 1. The second-order valence-corrected chi connectivity index (χ2v) is 1.37. The Bertz CT molecular complexity index is 130. The van der Waals surface area contributed by atoms with Gasteiger partial charge in [0.15, 0.2) is 0 Å². The Morgan fingerprint density at radius 2 is 2.22 bits per heavy atom. The molecule has 1 radical (unpaired) electrons. The van der Waals surface area contributed by atoms with E-state index in [1.165, 1.54) is 0 Å². The summed E-state index contributed by atoms with van der Waals surface area (Å²) in [5, 5.41) is 9.56. The maximum absolute atomic E-state index is 3.50. The lowest BCUT2D eigenvalue weighted by Gasteiger charge is -1.63. The minimum Gasteiger partial charge on any atom is -0.267 e. The molecule has 0 aliphatic rings. The molecule has 9 heavy (non-hydrogen) atoms. The molecule has 1 rings (SSSR count). The molecule has 1 aromatic rings. The normalized spacial score (nSPS) is 8.00. The summed E-state index contributed by atoms with van der Waals surface area (Å²) in [7, 11) is 0. The Morgan fingerprint density at radius 3 is 3.22 bits per heavy atom. The van der Waals surface area contributed by atoms with E-state index in [2.05, 4.69) is 21.6 Å². The zero-order valence-electron chi connectivity index (χ0n) is 4.78. The van der Waals surface area contributed by atoms with Gasteiger partial charge in [0.05, 0.1) is 0 Å². The summed E-state index contributed by atoms with van der Waals surface area (Å²) < 4.78 is 0. The SMILES string of the molecule is [c]1ccccc[nH]nn1. The first kappa shape index (κ1) is 5.75. The fourth-order valence-electron chi connectivity index (χ4n) is 0.386. The van der Waals surface area contributed by atoms with Crippen LogP contribution < -0.4 is 0 Å². The van der Waals surface area contributed by atoms with E-state index in [0.717, 1.165) is 0 Å². The van der Waals surface area contributed by atoms with Crippen LogP contribution in [0.5, 0.6) is 0 Å². The van der Waals surface area contributed by atoms with Crippen LogP contribution in [0, 0.1) is 6.20 Å². The molecule has 1 heterocycles. The van der Waals surface area contributed by atoms with Gasteiger partial charge in [-0.3, -0.25) is 5.10 Å². The van der Waals surface area contributed by atoms with E-state index in [0.29, 0.717) is 0 Å². The first-order valence-corrected chi connectivity index (χ1v) is 2.56. The van der Waals surface area contributed by atoms with Crippen LogP contribution in [0.15, 0.2) is 30.5 Å². The second kappa shape index (κ2) is 3.60. The van der Waals surface area contributed by atoms with Crippen LogP contribution in [-0.4, -0.2) is 15.4 Å². The van der Waals surface area contributed by atoms with Gasteiger partial charge in [0, 0.05) is 6.20 Å². The molecule has 3 nitrogen and oxygen atoms in total. The van der Waals surface area contributed by atoms with Crippen molar-refractivity contribution >= 4 is 0 Å². The van der Waals surface area contributed by atoms with Crippen LogP contribution in [0.4, 0.5) is 0 Å². The summed E-state index contributed by atoms with van der Waals surface area (Å²) >= 11 is 0. The van der Waals surface area contributed by atoms with Crippen molar-refractivity contribution in [3.63, 3.8) is 0 Å². The van der Waals surface area contributed by atoms with E-state index in [9.17, 15) is 0 Å². The van der Waals surface area contributed by atoms with Crippen LogP contribution in [0.3, 0.4) is 0 Å². The molecule has 0 unspecified atom stereocenters. The van der Waals surface area contributed by atoms with E-state index < -0.39 is 0 Å². The third kappa shape index (κ3) is 2.43. The minimum atomic E-state index is 1.68. The predicted octanol–water partition coefficient (Wildman–Crippen LogP) is 0.729. The predicted molar refractivity (Wildman–Crippen MR) is 32.8 cm³/mol. The van der Waals surface area contributed by atoms with Crippen molar-refractivity contribution in [2.45, 2.75) is 0 Å². The summed E-state index contributed by atoms with van der Waals surface area (Å²) in [5.74, 6) is 0. The van der Waals surface area contributed by atoms with Crippen LogP contribution in [0.2, 0.25) is 0 Å². The van der Waals surface area contributed by atoms with Gasteiger partial charge in [-0.05, 0) is 12.1 Å². The maximum Gasteiger partial charge on any atom is 0.115 e. The van der Waals surface area contributed by atoms with E-state index in [4.69, 9.17) is 0 Å². The third-order valence-electron chi connectivity index (χ3n) is 0.729. The van der Waals surface area contributed by atoms with E-state index >= 15 is 0 Å². The van der Waals surface area contributed by atoms with Crippen molar-refractivity contribution < 1.29 is 0 Å². The smallest absolute Gasteiger partial charge is 0.115 e. The highest BCUT2D eigenvalue weighted by molar-refractivity contribution is 4.86. The fourth-order valence-corrected chi connectivity index (χ4v) is 0.386. The Hall–Kier alpha value is -1.38. The number of nitrogens with zero attached hydrogens (tertiary/aromatic N) is 2. The van der Waals surface area contributed by atoms with E-state index in [-0.39, 0.29) is 0 Å². The standard InChI is InChI=1S/C6H6N3/c1-2-4-6-8-9-7-5-3-1/h1-5H,(H,7,8). The van der Waals surface area contributed by atoms with Gasteiger partial charge in [0.25, 0.3) is 0 Å². The zero-order valence-corrected chi connectivity index (χ0v) is 4.78. The Kier molecular flexibility index (Phi) is 2.30. The Balaban J connectivity index is 3.04. The maximum atomic E-state index is 3.50. The van der Waals surface area contributed by atoms with Gasteiger partial charge in [-0.25, -0.2) is 0 Å². The lowest BCUT2D eigenvalue weighted by atomic mass is 10.5. The first-order valence-electron chi connectivity index (χ1n) is 2.56. The highest BCUT2D eigenvalue weighted by Gasteiger charge is 1.59.